The lowest BCUT2D eigenvalue weighted by atomic mass is 9.74. The van der Waals surface area contributed by atoms with Crippen LogP contribution in [-0.4, -0.2) is 35.6 Å². The predicted octanol–water partition coefficient (Wildman–Crippen LogP) is 2.86. The summed E-state index contributed by atoms with van der Waals surface area (Å²) in [5.74, 6) is -0.684. The first kappa shape index (κ1) is 22.0. The van der Waals surface area contributed by atoms with Gasteiger partial charge in [0.25, 0.3) is 0 Å². The van der Waals surface area contributed by atoms with Crippen LogP contribution in [-0.2, 0) is 21.4 Å². The second-order valence-electron chi connectivity index (χ2n) is 8.18. The van der Waals surface area contributed by atoms with Crippen molar-refractivity contribution in [3.8, 4) is 0 Å². The van der Waals surface area contributed by atoms with E-state index >= 15 is 0 Å². The monoisotopic (exact) mass is 412 g/mol. The highest BCUT2D eigenvalue weighted by Gasteiger charge is 2.38. The van der Waals surface area contributed by atoms with Gasteiger partial charge in [0.1, 0.15) is 5.82 Å². The Hall–Kier alpha value is -2.73. The van der Waals surface area contributed by atoms with E-state index in [0.29, 0.717) is 31.4 Å². The van der Waals surface area contributed by atoms with Gasteiger partial charge in [-0.05, 0) is 48.9 Å². The quantitative estimate of drug-likeness (QED) is 0.639. The zero-order valence-corrected chi connectivity index (χ0v) is 17.2. The van der Waals surface area contributed by atoms with E-state index in [1.54, 1.807) is 12.1 Å². The van der Waals surface area contributed by atoms with Crippen LogP contribution in [0.4, 0.5) is 4.39 Å². The SMILES string of the molecule is CC(=O)N[C@H]1CC[C@](CNC(=O)Cc2cccc(F)c2)(c2ccccc2)CC[C@@H]1O. The number of aliphatic hydroxyl groups is 1. The van der Waals surface area contributed by atoms with Crippen molar-refractivity contribution in [3.05, 3.63) is 71.5 Å². The van der Waals surface area contributed by atoms with E-state index in [1.807, 2.05) is 30.3 Å². The van der Waals surface area contributed by atoms with Crippen molar-refractivity contribution in [2.45, 2.75) is 56.6 Å². The van der Waals surface area contributed by atoms with Gasteiger partial charge >= 0.3 is 0 Å². The zero-order chi connectivity index (χ0) is 21.6. The third kappa shape index (κ3) is 5.66. The third-order valence-corrected chi connectivity index (χ3v) is 5.97. The number of carbonyl (C=O) groups excluding carboxylic acids is 2. The van der Waals surface area contributed by atoms with Crippen LogP contribution >= 0.6 is 0 Å². The molecule has 2 amide bonds. The molecule has 1 fully saturated rings. The molecule has 0 heterocycles. The van der Waals surface area contributed by atoms with Crippen LogP contribution in [0.1, 0.15) is 43.7 Å². The Morgan fingerprint density at radius 3 is 2.53 bits per heavy atom. The summed E-state index contributed by atoms with van der Waals surface area (Å²) in [6.07, 6.45) is 2.05. The lowest BCUT2D eigenvalue weighted by Crippen LogP contribution is -2.42. The number of amides is 2. The van der Waals surface area contributed by atoms with Crippen LogP contribution in [0.25, 0.3) is 0 Å². The van der Waals surface area contributed by atoms with Gasteiger partial charge in [-0.1, -0.05) is 42.5 Å². The maximum absolute atomic E-state index is 13.4. The Bertz CT molecular complexity index is 874. The fraction of sp³-hybridized carbons (Fsp3) is 0.417. The number of benzene rings is 2. The van der Waals surface area contributed by atoms with Crippen molar-refractivity contribution in [2.75, 3.05) is 6.54 Å². The average Bonchev–Trinajstić information content (AvgIpc) is 2.87. The van der Waals surface area contributed by atoms with Gasteiger partial charge in [0.15, 0.2) is 0 Å². The second kappa shape index (κ2) is 9.85. The van der Waals surface area contributed by atoms with Gasteiger partial charge in [-0.3, -0.25) is 9.59 Å². The number of aliphatic hydroxyl groups excluding tert-OH is 1. The molecule has 0 spiro atoms. The third-order valence-electron chi connectivity index (χ3n) is 5.97. The summed E-state index contributed by atoms with van der Waals surface area (Å²) in [7, 11) is 0. The number of rotatable bonds is 6. The van der Waals surface area contributed by atoms with Crippen LogP contribution in [0.2, 0.25) is 0 Å². The highest BCUT2D eigenvalue weighted by molar-refractivity contribution is 5.78. The molecule has 3 N–H and O–H groups in total. The Morgan fingerprint density at radius 1 is 1.10 bits per heavy atom. The summed E-state index contributed by atoms with van der Waals surface area (Å²) in [5, 5.41) is 16.4. The summed E-state index contributed by atoms with van der Waals surface area (Å²) in [4.78, 5) is 24.1. The molecular weight excluding hydrogens is 383 g/mol. The normalized spacial score (nSPS) is 24.0. The lowest BCUT2D eigenvalue weighted by molar-refractivity contribution is -0.121. The van der Waals surface area contributed by atoms with Gasteiger partial charge in [0.2, 0.25) is 11.8 Å². The van der Waals surface area contributed by atoms with E-state index in [4.69, 9.17) is 0 Å². The van der Waals surface area contributed by atoms with Gasteiger partial charge in [0.05, 0.1) is 18.6 Å². The molecule has 0 bridgehead atoms. The molecule has 0 aromatic heterocycles. The average molecular weight is 413 g/mol. The first-order chi connectivity index (χ1) is 14.4. The second-order valence-corrected chi connectivity index (χ2v) is 8.18. The Balaban J connectivity index is 1.74. The van der Waals surface area contributed by atoms with Crippen LogP contribution in [0.3, 0.4) is 0 Å². The Labute approximate surface area is 176 Å². The molecule has 2 aromatic rings. The van der Waals surface area contributed by atoms with E-state index in [9.17, 15) is 19.1 Å². The minimum absolute atomic E-state index is 0.111. The molecule has 1 aliphatic rings. The Morgan fingerprint density at radius 2 is 1.83 bits per heavy atom. The van der Waals surface area contributed by atoms with Crippen molar-refractivity contribution in [1.82, 2.24) is 10.6 Å². The van der Waals surface area contributed by atoms with Gasteiger partial charge in [-0.15, -0.1) is 0 Å². The molecule has 0 saturated heterocycles. The van der Waals surface area contributed by atoms with E-state index in [0.717, 1.165) is 12.0 Å². The molecule has 3 rings (SSSR count). The smallest absolute Gasteiger partial charge is 0.224 e. The van der Waals surface area contributed by atoms with Crippen LogP contribution in [0.15, 0.2) is 54.6 Å². The molecular formula is C24H29FN2O3. The highest BCUT2D eigenvalue weighted by atomic mass is 19.1. The summed E-state index contributed by atoms with van der Waals surface area (Å²) in [6, 6.07) is 15.7. The molecule has 5 nitrogen and oxygen atoms in total. The number of hydrogen-bond acceptors (Lipinski definition) is 3. The van der Waals surface area contributed by atoms with Crippen molar-refractivity contribution >= 4 is 11.8 Å². The standard InChI is InChI=1S/C24H29FN2O3/c1-17(28)27-21-10-12-24(13-11-22(21)29,19-7-3-2-4-8-19)16-26-23(30)15-18-6-5-9-20(25)14-18/h2-9,14,21-22,29H,10-13,15-16H2,1H3,(H,26,30)(H,27,28)/t21-,22-,24-/m0/s1. The van der Waals surface area contributed by atoms with Crippen molar-refractivity contribution in [2.24, 2.45) is 0 Å². The lowest BCUT2D eigenvalue weighted by Gasteiger charge is -2.34. The maximum Gasteiger partial charge on any atom is 0.224 e. The number of hydrogen-bond donors (Lipinski definition) is 3. The first-order valence-electron chi connectivity index (χ1n) is 10.4. The molecule has 0 unspecified atom stereocenters. The van der Waals surface area contributed by atoms with Crippen molar-refractivity contribution < 1.29 is 19.1 Å². The zero-order valence-electron chi connectivity index (χ0n) is 17.2. The van der Waals surface area contributed by atoms with E-state index in [-0.39, 0.29) is 35.5 Å². The van der Waals surface area contributed by atoms with E-state index in [2.05, 4.69) is 10.6 Å². The minimum atomic E-state index is -0.623. The Kier molecular flexibility index (Phi) is 7.21. The van der Waals surface area contributed by atoms with Crippen LogP contribution < -0.4 is 10.6 Å². The summed E-state index contributed by atoms with van der Waals surface area (Å²) in [5.41, 5.74) is 1.39. The topological polar surface area (TPSA) is 78.4 Å². The maximum atomic E-state index is 13.4. The van der Waals surface area contributed by atoms with E-state index in [1.165, 1.54) is 19.1 Å². The molecule has 160 valence electrons. The number of nitrogens with one attached hydrogen (secondary N) is 2. The van der Waals surface area contributed by atoms with Crippen LogP contribution in [0, 0.1) is 5.82 Å². The molecule has 30 heavy (non-hydrogen) atoms. The molecule has 2 aromatic carbocycles. The van der Waals surface area contributed by atoms with Crippen LogP contribution in [0.5, 0.6) is 0 Å². The van der Waals surface area contributed by atoms with E-state index < -0.39 is 6.10 Å². The molecule has 0 aliphatic heterocycles. The summed E-state index contributed by atoms with van der Waals surface area (Å²) >= 11 is 0. The highest BCUT2D eigenvalue weighted by Crippen LogP contribution is 2.38. The largest absolute Gasteiger partial charge is 0.391 e. The fourth-order valence-corrected chi connectivity index (χ4v) is 4.33. The van der Waals surface area contributed by atoms with Gasteiger partial charge in [-0.2, -0.15) is 0 Å². The fourth-order valence-electron chi connectivity index (χ4n) is 4.33. The molecule has 0 radical (unpaired) electrons. The summed E-state index contributed by atoms with van der Waals surface area (Å²) < 4.78 is 13.4. The number of halogens is 1. The van der Waals surface area contributed by atoms with Gasteiger partial charge in [-0.25, -0.2) is 4.39 Å². The first-order valence-corrected chi connectivity index (χ1v) is 10.4. The van der Waals surface area contributed by atoms with Crippen molar-refractivity contribution in [3.63, 3.8) is 0 Å². The minimum Gasteiger partial charge on any atom is -0.391 e. The number of carbonyl (C=O) groups is 2. The summed E-state index contributed by atoms with van der Waals surface area (Å²) in [6.45, 7) is 1.87. The van der Waals surface area contributed by atoms with Gasteiger partial charge < -0.3 is 15.7 Å². The molecule has 1 aliphatic carbocycles. The predicted molar refractivity (Wildman–Crippen MR) is 113 cm³/mol. The molecule has 6 heteroatoms. The van der Waals surface area contributed by atoms with Crippen molar-refractivity contribution in [1.29, 1.82) is 0 Å². The van der Waals surface area contributed by atoms with Gasteiger partial charge in [0, 0.05) is 18.9 Å². The molecule has 3 atom stereocenters. The molecule has 1 saturated carbocycles.